The monoisotopic (exact) mass is 467 g/mol. The molecule has 7 heteroatoms. The topological polar surface area (TPSA) is 100 Å². The number of rotatable bonds is 8. The van der Waals surface area contributed by atoms with E-state index in [1.54, 1.807) is 53.2 Å². The molecule has 7 nitrogen and oxygen atoms in total. The van der Waals surface area contributed by atoms with Crippen molar-refractivity contribution >= 4 is 23.4 Å². The van der Waals surface area contributed by atoms with Gasteiger partial charge in [-0.15, -0.1) is 0 Å². The number of hydrogen-bond donors (Lipinski definition) is 3. The lowest BCUT2D eigenvalue weighted by Crippen LogP contribution is -2.21. The zero-order chi connectivity index (χ0) is 24.6. The molecule has 4 rings (SSSR count). The fourth-order valence-electron chi connectivity index (χ4n) is 3.69. The fourth-order valence-corrected chi connectivity index (χ4v) is 3.69. The van der Waals surface area contributed by atoms with Crippen molar-refractivity contribution < 1.29 is 14.7 Å². The van der Waals surface area contributed by atoms with Crippen LogP contribution in [0.5, 0.6) is 0 Å². The number of carbonyl (C=O) groups excluding carboxylic acids is 1. The molecule has 0 spiro atoms. The highest BCUT2D eigenvalue weighted by Gasteiger charge is 2.08. The van der Waals surface area contributed by atoms with E-state index in [0.29, 0.717) is 29.9 Å². The van der Waals surface area contributed by atoms with E-state index in [0.717, 1.165) is 16.7 Å². The van der Waals surface area contributed by atoms with E-state index >= 15 is 0 Å². The lowest BCUT2D eigenvalue weighted by Gasteiger charge is -2.10. The fraction of sp³-hybridized carbons (Fsp3) is 0.107. The number of urea groups is 1. The zero-order valence-electron chi connectivity index (χ0n) is 19.0. The predicted octanol–water partition coefficient (Wildman–Crippen LogP) is 5.22. The molecule has 0 aliphatic rings. The molecule has 0 bridgehead atoms. The van der Waals surface area contributed by atoms with Gasteiger partial charge in [0, 0.05) is 29.6 Å². The number of carboxylic acids is 1. The summed E-state index contributed by atoms with van der Waals surface area (Å²) < 4.78 is 1.64. The maximum absolute atomic E-state index is 13.1. The summed E-state index contributed by atoms with van der Waals surface area (Å²) in [5.74, 6) is -0.822. The Bertz CT molecular complexity index is 1360. The number of nitrogens with zero attached hydrogens (tertiary/aromatic N) is 1. The molecule has 0 fully saturated rings. The number of aliphatic carboxylic acids is 1. The minimum atomic E-state index is -0.822. The van der Waals surface area contributed by atoms with Gasteiger partial charge in [-0.3, -0.25) is 9.59 Å². The Morgan fingerprint density at radius 1 is 0.743 bits per heavy atom. The predicted molar refractivity (Wildman–Crippen MR) is 137 cm³/mol. The third kappa shape index (κ3) is 6.45. The summed E-state index contributed by atoms with van der Waals surface area (Å²) in [7, 11) is 0. The van der Waals surface area contributed by atoms with Gasteiger partial charge >= 0.3 is 12.0 Å². The molecule has 3 N–H and O–H groups in total. The minimum Gasteiger partial charge on any atom is -0.481 e. The van der Waals surface area contributed by atoms with Crippen LogP contribution in [0.3, 0.4) is 0 Å². The highest BCUT2D eigenvalue weighted by atomic mass is 16.4. The Labute approximate surface area is 202 Å². The molecule has 1 heterocycles. The van der Waals surface area contributed by atoms with Gasteiger partial charge < -0.3 is 20.3 Å². The van der Waals surface area contributed by atoms with Gasteiger partial charge in [-0.2, -0.15) is 0 Å². The number of carboxylic acid groups (broad SMARTS) is 1. The second-order valence-corrected chi connectivity index (χ2v) is 8.09. The van der Waals surface area contributed by atoms with Crippen molar-refractivity contribution in [1.82, 2.24) is 4.57 Å². The summed E-state index contributed by atoms with van der Waals surface area (Å²) in [6.45, 7) is 0.408. The number of pyridine rings is 1. The van der Waals surface area contributed by atoms with Gasteiger partial charge in [0.2, 0.25) is 0 Å². The highest BCUT2D eigenvalue weighted by molar-refractivity contribution is 5.99. The largest absolute Gasteiger partial charge is 0.481 e. The van der Waals surface area contributed by atoms with Crippen LogP contribution < -0.4 is 16.2 Å². The summed E-state index contributed by atoms with van der Waals surface area (Å²) in [4.78, 5) is 36.0. The van der Waals surface area contributed by atoms with E-state index in [1.165, 1.54) is 0 Å². The van der Waals surface area contributed by atoms with Crippen LogP contribution in [0.25, 0.3) is 11.1 Å². The van der Waals surface area contributed by atoms with Gasteiger partial charge in [0.15, 0.2) is 0 Å². The van der Waals surface area contributed by atoms with Crippen LogP contribution in [-0.2, 0) is 17.8 Å². The molecule has 1 aromatic heterocycles. The number of anilines is 2. The van der Waals surface area contributed by atoms with Gasteiger partial charge in [-0.1, -0.05) is 54.6 Å². The Balaban J connectivity index is 1.43. The smallest absolute Gasteiger partial charge is 0.323 e. The molecule has 176 valence electrons. The SMILES string of the molecule is O=C(O)CCc1ccc(Cn2cccc(-c3ccc(NC(=O)Nc4ccccc4)cc3)c2=O)cc1. The Morgan fingerprint density at radius 2 is 1.37 bits per heavy atom. The lowest BCUT2D eigenvalue weighted by atomic mass is 10.1. The number of benzene rings is 3. The van der Waals surface area contributed by atoms with E-state index in [2.05, 4.69) is 10.6 Å². The number of carbonyl (C=O) groups is 2. The van der Waals surface area contributed by atoms with E-state index in [1.807, 2.05) is 48.5 Å². The molecule has 4 aromatic rings. The molecule has 0 saturated heterocycles. The molecule has 2 amide bonds. The van der Waals surface area contributed by atoms with Crippen molar-refractivity contribution in [1.29, 1.82) is 0 Å². The third-order valence-electron chi connectivity index (χ3n) is 5.51. The molecule has 0 aliphatic carbocycles. The molecule has 0 radical (unpaired) electrons. The highest BCUT2D eigenvalue weighted by Crippen LogP contribution is 2.19. The van der Waals surface area contributed by atoms with Gasteiger partial charge in [-0.05, 0) is 59.5 Å². The maximum Gasteiger partial charge on any atom is 0.323 e. The molecule has 0 aliphatic heterocycles. The quantitative estimate of drug-likeness (QED) is 0.331. The molecule has 0 unspecified atom stereocenters. The van der Waals surface area contributed by atoms with Crippen molar-refractivity contribution in [3.05, 3.63) is 119 Å². The third-order valence-corrected chi connectivity index (χ3v) is 5.51. The first-order chi connectivity index (χ1) is 17.0. The minimum absolute atomic E-state index is 0.0901. The van der Waals surface area contributed by atoms with Crippen LogP contribution in [0.15, 0.2) is 102 Å². The van der Waals surface area contributed by atoms with Gasteiger partial charge in [-0.25, -0.2) is 4.79 Å². The second-order valence-electron chi connectivity index (χ2n) is 8.09. The van der Waals surface area contributed by atoms with E-state index in [9.17, 15) is 14.4 Å². The zero-order valence-corrected chi connectivity index (χ0v) is 19.0. The number of para-hydroxylation sites is 1. The van der Waals surface area contributed by atoms with Crippen LogP contribution in [0.1, 0.15) is 17.5 Å². The first-order valence-electron chi connectivity index (χ1n) is 11.2. The van der Waals surface area contributed by atoms with Crippen molar-refractivity contribution in [2.45, 2.75) is 19.4 Å². The first kappa shape index (κ1) is 23.5. The summed E-state index contributed by atoms with van der Waals surface area (Å²) in [5.41, 5.74) is 4.40. The van der Waals surface area contributed by atoms with Crippen LogP contribution in [0, 0.1) is 0 Å². The number of nitrogens with one attached hydrogen (secondary N) is 2. The maximum atomic E-state index is 13.1. The average Bonchev–Trinajstić information content (AvgIpc) is 2.86. The van der Waals surface area contributed by atoms with Gasteiger partial charge in [0.1, 0.15) is 0 Å². The standard InChI is InChI=1S/C28H25N3O4/c32-26(33)17-12-20-8-10-21(11-9-20)19-31-18-4-7-25(27(31)34)22-13-15-24(16-14-22)30-28(35)29-23-5-2-1-3-6-23/h1-11,13-16,18H,12,17,19H2,(H,32,33)(H2,29,30,35). The van der Waals surface area contributed by atoms with Crippen LogP contribution in [-0.4, -0.2) is 21.7 Å². The number of aryl methyl sites for hydroxylation is 1. The van der Waals surface area contributed by atoms with Crippen LogP contribution >= 0.6 is 0 Å². The van der Waals surface area contributed by atoms with Crippen molar-refractivity contribution in [3.8, 4) is 11.1 Å². The normalized spacial score (nSPS) is 10.5. The average molecular weight is 468 g/mol. The van der Waals surface area contributed by atoms with Crippen molar-refractivity contribution in [2.24, 2.45) is 0 Å². The van der Waals surface area contributed by atoms with E-state index in [4.69, 9.17) is 5.11 Å². The number of hydrogen-bond acceptors (Lipinski definition) is 3. The van der Waals surface area contributed by atoms with Gasteiger partial charge in [0.05, 0.1) is 6.54 Å². The molecule has 0 atom stereocenters. The summed E-state index contributed by atoms with van der Waals surface area (Å²) in [6, 6.07) is 27.2. The number of aromatic nitrogens is 1. The number of amides is 2. The lowest BCUT2D eigenvalue weighted by molar-refractivity contribution is -0.136. The Kier molecular flexibility index (Phi) is 7.37. The van der Waals surface area contributed by atoms with E-state index < -0.39 is 5.97 Å². The summed E-state index contributed by atoms with van der Waals surface area (Å²) in [5, 5.41) is 14.4. The molecule has 0 saturated carbocycles. The molecule has 35 heavy (non-hydrogen) atoms. The summed E-state index contributed by atoms with van der Waals surface area (Å²) >= 11 is 0. The first-order valence-corrected chi connectivity index (χ1v) is 11.2. The van der Waals surface area contributed by atoms with E-state index in [-0.39, 0.29) is 18.0 Å². The molecular weight excluding hydrogens is 442 g/mol. The van der Waals surface area contributed by atoms with Crippen molar-refractivity contribution in [2.75, 3.05) is 10.6 Å². The Morgan fingerprint density at radius 3 is 2.03 bits per heavy atom. The second kappa shape index (κ2) is 11.0. The molecule has 3 aromatic carbocycles. The van der Waals surface area contributed by atoms with Crippen LogP contribution in [0.2, 0.25) is 0 Å². The van der Waals surface area contributed by atoms with Crippen molar-refractivity contribution in [3.63, 3.8) is 0 Å². The van der Waals surface area contributed by atoms with Crippen LogP contribution in [0.4, 0.5) is 16.2 Å². The molecular formula is C28H25N3O4. The summed E-state index contributed by atoms with van der Waals surface area (Å²) in [6.07, 6.45) is 2.31. The Hall–Kier alpha value is -4.65. The van der Waals surface area contributed by atoms with Gasteiger partial charge in [0.25, 0.3) is 5.56 Å².